The maximum Gasteiger partial charge on any atom is 0.226 e. The summed E-state index contributed by atoms with van der Waals surface area (Å²) in [7, 11) is 0. The third-order valence-electron chi connectivity index (χ3n) is 6.38. The van der Waals surface area contributed by atoms with E-state index in [1.165, 1.54) is 18.4 Å². The second-order valence-electron chi connectivity index (χ2n) is 7.98. The summed E-state index contributed by atoms with van der Waals surface area (Å²) in [4.78, 5) is 17.6. The first-order chi connectivity index (χ1) is 13.3. The molecule has 0 aromatic heterocycles. The average molecular weight is 363 g/mol. The molecule has 2 bridgehead atoms. The highest BCUT2D eigenvalue weighted by Crippen LogP contribution is 2.39. The number of carbonyl (C=O) groups is 1. The lowest BCUT2D eigenvalue weighted by Gasteiger charge is -2.52. The van der Waals surface area contributed by atoms with Gasteiger partial charge in [-0.2, -0.15) is 0 Å². The SMILES string of the molecule is CCC(=O)N(c1ccccc1)[C@@H]1C[C@H]2CC[C@H]1CN2CCc1ccccc1. The maximum absolute atomic E-state index is 12.8. The molecule has 3 atom stereocenters. The van der Waals surface area contributed by atoms with Crippen LogP contribution in [0.15, 0.2) is 60.7 Å². The van der Waals surface area contributed by atoms with Crippen LogP contribution >= 0.6 is 0 Å². The van der Waals surface area contributed by atoms with Crippen molar-refractivity contribution >= 4 is 11.6 Å². The molecule has 142 valence electrons. The van der Waals surface area contributed by atoms with Crippen LogP contribution in [0.2, 0.25) is 0 Å². The Labute approximate surface area is 163 Å². The first-order valence-corrected chi connectivity index (χ1v) is 10.4. The van der Waals surface area contributed by atoms with Crippen LogP contribution < -0.4 is 4.90 Å². The standard InChI is InChI=1S/C24H30N2O/c1-2-24(27)26(21-11-7-4-8-12-21)23-17-22-14-13-20(23)18-25(22)16-15-19-9-5-3-6-10-19/h3-12,20,22-23H,2,13-18H2,1H3/t20-,22+,23+/m0/s1. The molecule has 2 aromatic carbocycles. The minimum absolute atomic E-state index is 0.259. The molecule has 1 saturated carbocycles. The maximum atomic E-state index is 12.8. The van der Waals surface area contributed by atoms with E-state index < -0.39 is 0 Å². The Hall–Kier alpha value is -2.13. The van der Waals surface area contributed by atoms with Gasteiger partial charge in [0.2, 0.25) is 5.91 Å². The summed E-state index contributed by atoms with van der Waals surface area (Å²) in [6.07, 6.45) is 5.32. The van der Waals surface area contributed by atoms with Crippen LogP contribution in [0.3, 0.4) is 0 Å². The molecule has 1 aliphatic carbocycles. The fourth-order valence-corrected chi connectivity index (χ4v) is 4.97. The van der Waals surface area contributed by atoms with Gasteiger partial charge >= 0.3 is 0 Å². The molecule has 0 unspecified atom stereocenters. The zero-order chi connectivity index (χ0) is 18.6. The summed E-state index contributed by atoms with van der Waals surface area (Å²) >= 11 is 0. The number of nitrogens with zero attached hydrogens (tertiary/aromatic N) is 2. The fourth-order valence-electron chi connectivity index (χ4n) is 4.97. The highest BCUT2D eigenvalue weighted by atomic mass is 16.2. The molecule has 1 amide bonds. The Balaban J connectivity index is 1.46. The van der Waals surface area contributed by atoms with Crippen LogP contribution in [-0.4, -0.2) is 36.0 Å². The van der Waals surface area contributed by atoms with E-state index in [-0.39, 0.29) is 5.91 Å². The van der Waals surface area contributed by atoms with Gasteiger partial charge in [0, 0.05) is 37.3 Å². The zero-order valence-electron chi connectivity index (χ0n) is 16.3. The van der Waals surface area contributed by atoms with Crippen molar-refractivity contribution in [3.63, 3.8) is 0 Å². The van der Waals surface area contributed by atoms with Gasteiger partial charge in [-0.1, -0.05) is 55.5 Å². The molecule has 2 aromatic rings. The highest BCUT2D eigenvalue weighted by Gasteiger charge is 2.43. The molecule has 2 heterocycles. The molecular formula is C24H30N2O. The number of anilines is 1. The lowest BCUT2D eigenvalue weighted by molar-refractivity contribution is -0.119. The summed E-state index contributed by atoms with van der Waals surface area (Å²) in [6, 6.07) is 22.0. The number of piperidine rings is 2. The Morgan fingerprint density at radius 2 is 1.74 bits per heavy atom. The van der Waals surface area contributed by atoms with Gasteiger partial charge < -0.3 is 4.90 Å². The number of para-hydroxylation sites is 1. The van der Waals surface area contributed by atoms with Crippen molar-refractivity contribution in [3.05, 3.63) is 66.2 Å². The number of carbonyl (C=O) groups excluding carboxylic acids is 1. The van der Waals surface area contributed by atoms with Crippen molar-refractivity contribution in [2.24, 2.45) is 5.92 Å². The van der Waals surface area contributed by atoms with Gasteiger partial charge in [0.25, 0.3) is 0 Å². The van der Waals surface area contributed by atoms with Crippen molar-refractivity contribution in [3.8, 4) is 0 Å². The summed E-state index contributed by atoms with van der Waals surface area (Å²) in [5, 5.41) is 0. The molecular weight excluding hydrogens is 332 g/mol. The van der Waals surface area contributed by atoms with Crippen LogP contribution in [0.5, 0.6) is 0 Å². The Kier molecular flexibility index (Phi) is 5.58. The quantitative estimate of drug-likeness (QED) is 0.754. The molecule has 5 rings (SSSR count). The number of hydrogen-bond donors (Lipinski definition) is 0. The molecule has 3 aliphatic rings. The van der Waals surface area contributed by atoms with E-state index in [1.807, 2.05) is 25.1 Å². The molecule has 3 nitrogen and oxygen atoms in total. The molecule has 2 aliphatic heterocycles. The number of hydrogen-bond acceptors (Lipinski definition) is 2. The Morgan fingerprint density at radius 3 is 2.37 bits per heavy atom. The van der Waals surface area contributed by atoms with Crippen LogP contribution in [0, 0.1) is 5.92 Å². The predicted octanol–water partition coefficient (Wildman–Crippen LogP) is 4.53. The van der Waals surface area contributed by atoms with E-state index in [9.17, 15) is 4.79 Å². The number of fused-ring (bicyclic) bond motifs is 3. The summed E-state index contributed by atoms with van der Waals surface area (Å²) < 4.78 is 0. The zero-order valence-corrected chi connectivity index (χ0v) is 16.3. The van der Waals surface area contributed by atoms with E-state index in [2.05, 4.69) is 52.3 Å². The van der Waals surface area contributed by atoms with Gasteiger partial charge in [-0.25, -0.2) is 0 Å². The molecule has 3 fully saturated rings. The molecule has 3 heteroatoms. The summed E-state index contributed by atoms with van der Waals surface area (Å²) in [5.74, 6) is 0.844. The molecule has 0 spiro atoms. The first kappa shape index (κ1) is 18.2. The Bertz CT molecular complexity index is 745. The summed E-state index contributed by atoms with van der Waals surface area (Å²) in [5.41, 5.74) is 2.49. The van der Waals surface area contributed by atoms with Gasteiger partial charge in [-0.15, -0.1) is 0 Å². The van der Waals surface area contributed by atoms with Gasteiger partial charge in [0.05, 0.1) is 0 Å². The predicted molar refractivity (Wildman–Crippen MR) is 111 cm³/mol. The van der Waals surface area contributed by atoms with Crippen molar-refractivity contribution in [2.45, 2.75) is 51.1 Å². The first-order valence-electron chi connectivity index (χ1n) is 10.4. The van der Waals surface area contributed by atoms with E-state index in [1.54, 1.807) is 0 Å². The van der Waals surface area contributed by atoms with Crippen molar-refractivity contribution in [2.75, 3.05) is 18.0 Å². The summed E-state index contributed by atoms with van der Waals surface area (Å²) in [6.45, 7) is 4.24. The molecule has 2 saturated heterocycles. The minimum atomic E-state index is 0.259. The van der Waals surface area contributed by atoms with Crippen LogP contribution in [-0.2, 0) is 11.2 Å². The van der Waals surface area contributed by atoms with Crippen molar-refractivity contribution in [1.82, 2.24) is 4.90 Å². The average Bonchev–Trinajstić information content (AvgIpc) is 2.74. The van der Waals surface area contributed by atoms with E-state index in [0.29, 0.717) is 24.4 Å². The van der Waals surface area contributed by atoms with Crippen LogP contribution in [0.25, 0.3) is 0 Å². The second kappa shape index (κ2) is 8.26. The Morgan fingerprint density at radius 1 is 1.04 bits per heavy atom. The third kappa shape index (κ3) is 3.93. The lowest BCUT2D eigenvalue weighted by Crippen LogP contribution is -2.60. The second-order valence-corrected chi connectivity index (χ2v) is 7.98. The fraction of sp³-hybridized carbons (Fsp3) is 0.458. The van der Waals surface area contributed by atoms with Crippen LogP contribution in [0.1, 0.15) is 38.2 Å². The number of amides is 1. The third-order valence-corrected chi connectivity index (χ3v) is 6.38. The number of benzene rings is 2. The molecule has 0 radical (unpaired) electrons. The lowest BCUT2D eigenvalue weighted by atomic mass is 9.75. The van der Waals surface area contributed by atoms with E-state index in [0.717, 1.165) is 31.6 Å². The van der Waals surface area contributed by atoms with Crippen molar-refractivity contribution in [1.29, 1.82) is 0 Å². The smallest absolute Gasteiger partial charge is 0.226 e. The minimum Gasteiger partial charge on any atom is -0.309 e. The van der Waals surface area contributed by atoms with E-state index >= 15 is 0 Å². The van der Waals surface area contributed by atoms with E-state index in [4.69, 9.17) is 0 Å². The highest BCUT2D eigenvalue weighted by molar-refractivity contribution is 5.93. The van der Waals surface area contributed by atoms with Crippen LogP contribution in [0.4, 0.5) is 5.69 Å². The van der Waals surface area contributed by atoms with Gasteiger partial charge in [0.1, 0.15) is 0 Å². The normalized spacial score (nSPS) is 24.7. The molecule has 27 heavy (non-hydrogen) atoms. The topological polar surface area (TPSA) is 23.6 Å². The monoisotopic (exact) mass is 362 g/mol. The van der Waals surface area contributed by atoms with Gasteiger partial charge in [-0.05, 0) is 49.3 Å². The largest absolute Gasteiger partial charge is 0.309 e. The van der Waals surface area contributed by atoms with Gasteiger partial charge in [-0.3, -0.25) is 9.69 Å². The molecule has 0 N–H and O–H groups in total. The van der Waals surface area contributed by atoms with Gasteiger partial charge in [0.15, 0.2) is 0 Å². The van der Waals surface area contributed by atoms with Crippen molar-refractivity contribution < 1.29 is 4.79 Å². The number of rotatable bonds is 6.